The zero-order valence-electron chi connectivity index (χ0n) is 13.2. The molecule has 1 saturated heterocycles. The number of aryl methyl sites for hydroxylation is 1. The van der Waals surface area contributed by atoms with Gasteiger partial charge in [0.25, 0.3) is 0 Å². The van der Waals surface area contributed by atoms with E-state index in [-0.39, 0.29) is 23.6 Å². The van der Waals surface area contributed by atoms with Gasteiger partial charge in [-0.25, -0.2) is 0 Å². The summed E-state index contributed by atoms with van der Waals surface area (Å²) < 4.78 is 0. The van der Waals surface area contributed by atoms with Gasteiger partial charge in [0.2, 0.25) is 11.8 Å². The van der Waals surface area contributed by atoms with Gasteiger partial charge in [-0.1, -0.05) is 26.0 Å². The first-order chi connectivity index (χ1) is 10.5. The van der Waals surface area contributed by atoms with Crippen LogP contribution in [-0.4, -0.2) is 41.0 Å². The summed E-state index contributed by atoms with van der Waals surface area (Å²) >= 11 is 0. The van der Waals surface area contributed by atoms with E-state index in [0.717, 1.165) is 5.56 Å². The van der Waals surface area contributed by atoms with Gasteiger partial charge in [-0.2, -0.15) is 0 Å². The maximum atomic E-state index is 12.5. The first kappa shape index (κ1) is 16.3. The average molecular weight is 304 g/mol. The largest absolute Gasteiger partial charge is 0.508 e. The number of aromatic hydroxyl groups is 1. The standard InChI is InChI=1S/C17H24N2O3/c1-12(2)11-15-17(22)18-9-10-19(15)16(21)8-5-13-3-6-14(20)7-4-13/h3-4,6-7,12,15,20H,5,8-11H2,1-2H3,(H,18,22). The van der Waals surface area contributed by atoms with Crippen molar-refractivity contribution in [2.75, 3.05) is 13.1 Å². The van der Waals surface area contributed by atoms with Gasteiger partial charge in [-0.05, 0) is 36.5 Å². The predicted molar refractivity (Wildman–Crippen MR) is 84.4 cm³/mol. The van der Waals surface area contributed by atoms with E-state index in [1.54, 1.807) is 17.0 Å². The van der Waals surface area contributed by atoms with Gasteiger partial charge in [-0.15, -0.1) is 0 Å². The second kappa shape index (κ2) is 7.29. The molecular formula is C17H24N2O3. The predicted octanol–water partition coefficient (Wildman–Crippen LogP) is 1.70. The lowest BCUT2D eigenvalue weighted by atomic mass is 9.99. The molecule has 1 aliphatic rings. The molecule has 120 valence electrons. The number of piperazine rings is 1. The third kappa shape index (κ3) is 4.23. The third-order valence-electron chi connectivity index (χ3n) is 3.91. The van der Waals surface area contributed by atoms with Gasteiger partial charge in [-0.3, -0.25) is 9.59 Å². The van der Waals surface area contributed by atoms with Crippen LogP contribution in [0.25, 0.3) is 0 Å². The van der Waals surface area contributed by atoms with Gasteiger partial charge in [0.05, 0.1) is 0 Å². The van der Waals surface area contributed by atoms with Crippen molar-refractivity contribution in [2.24, 2.45) is 5.92 Å². The first-order valence-corrected chi connectivity index (χ1v) is 7.82. The maximum Gasteiger partial charge on any atom is 0.242 e. The number of nitrogens with zero attached hydrogens (tertiary/aromatic N) is 1. The van der Waals surface area contributed by atoms with E-state index >= 15 is 0 Å². The number of phenols is 1. The van der Waals surface area contributed by atoms with Crippen molar-refractivity contribution >= 4 is 11.8 Å². The number of hydrogen-bond donors (Lipinski definition) is 2. The smallest absolute Gasteiger partial charge is 0.242 e. The Morgan fingerprint density at radius 3 is 2.68 bits per heavy atom. The molecule has 0 bridgehead atoms. The topological polar surface area (TPSA) is 69.6 Å². The fourth-order valence-electron chi connectivity index (χ4n) is 2.75. The molecule has 2 amide bonds. The van der Waals surface area contributed by atoms with E-state index in [0.29, 0.717) is 38.3 Å². The van der Waals surface area contributed by atoms with Crippen molar-refractivity contribution < 1.29 is 14.7 Å². The summed E-state index contributed by atoms with van der Waals surface area (Å²) in [7, 11) is 0. The van der Waals surface area contributed by atoms with Crippen LogP contribution in [0.3, 0.4) is 0 Å². The van der Waals surface area contributed by atoms with E-state index < -0.39 is 0 Å². The Balaban J connectivity index is 1.96. The summed E-state index contributed by atoms with van der Waals surface area (Å²) in [6.07, 6.45) is 1.69. The lowest BCUT2D eigenvalue weighted by Crippen LogP contribution is -2.57. The van der Waals surface area contributed by atoms with Gasteiger partial charge in [0, 0.05) is 19.5 Å². The summed E-state index contributed by atoms with van der Waals surface area (Å²) in [6.45, 7) is 5.22. The molecule has 0 aromatic heterocycles. The molecule has 5 heteroatoms. The third-order valence-corrected chi connectivity index (χ3v) is 3.91. The Morgan fingerprint density at radius 1 is 1.36 bits per heavy atom. The monoisotopic (exact) mass is 304 g/mol. The molecular weight excluding hydrogens is 280 g/mol. The van der Waals surface area contributed by atoms with Crippen molar-refractivity contribution in [3.05, 3.63) is 29.8 Å². The first-order valence-electron chi connectivity index (χ1n) is 7.82. The highest BCUT2D eigenvalue weighted by Gasteiger charge is 2.32. The molecule has 1 atom stereocenters. The van der Waals surface area contributed by atoms with Crippen LogP contribution in [0.5, 0.6) is 5.75 Å². The van der Waals surface area contributed by atoms with Gasteiger partial charge in [0.1, 0.15) is 11.8 Å². The van der Waals surface area contributed by atoms with Crippen LogP contribution in [0.2, 0.25) is 0 Å². The molecule has 1 fully saturated rings. The number of carbonyl (C=O) groups is 2. The second-order valence-corrected chi connectivity index (χ2v) is 6.19. The lowest BCUT2D eigenvalue weighted by Gasteiger charge is -2.36. The minimum Gasteiger partial charge on any atom is -0.508 e. The van der Waals surface area contributed by atoms with Gasteiger partial charge in [0.15, 0.2) is 0 Å². The Labute approximate surface area is 131 Å². The molecule has 0 spiro atoms. The number of phenolic OH excluding ortho intramolecular Hbond substituents is 1. The SMILES string of the molecule is CC(C)CC1C(=O)NCCN1C(=O)CCc1ccc(O)cc1. The summed E-state index contributed by atoms with van der Waals surface area (Å²) in [4.78, 5) is 26.2. The van der Waals surface area contributed by atoms with E-state index in [2.05, 4.69) is 19.2 Å². The summed E-state index contributed by atoms with van der Waals surface area (Å²) in [6, 6.07) is 6.53. The highest BCUT2D eigenvalue weighted by molar-refractivity contribution is 5.88. The highest BCUT2D eigenvalue weighted by Crippen LogP contribution is 2.17. The lowest BCUT2D eigenvalue weighted by molar-refractivity contribution is -0.143. The van der Waals surface area contributed by atoms with Crippen molar-refractivity contribution in [3.63, 3.8) is 0 Å². The number of hydrogen-bond acceptors (Lipinski definition) is 3. The number of nitrogens with one attached hydrogen (secondary N) is 1. The minimum atomic E-state index is -0.346. The molecule has 1 aliphatic heterocycles. The molecule has 2 N–H and O–H groups in total. The van der Waals surface area contributed by atoms with Crippen molar-refractivity contribution in [1.29, 1.82) is 0 Å². The molecule has 1 heterocycles. The maximum absolute atomic E-state index is 12.5. The van der Waals surface area contributed by atoms with Crippen LogP contribution in [-0.2, 0) is 16.0 Å². The normalized spacial score (nSPS) is 18.4. The minimum absolute atomic E-state index is 0.0218. The average Bonchev–Trinajstić information content (AvgIpc) is 2.48. The van der Waals surface area contributed by atoms with Crippen LogP contribution in [0.4, 0.5) is 0 Å². The zero-order chi connectivity index (χ0) is 16.1. The van der Waals surface area contributed by atoms with Crippen molar-refractivity contribution in [2.45, 2.75) is 39.2 Å². The van der Waals surface area contributed by atoms with Crippen LogP contribution >= 0.6 is 0 Å². The number of amides is 2. The Hall–Kier alpha value is -2.04. The van der Waals surface area contributed by atoms with Crippen LogP contribution in [0.1, 0.15) is 32.3 Å². The molecule has 5 nitrogen and oxygen atoms in total. The van der Waals surface area contributed by atoms with Gasteiger partial charge < -0.3 is 15.3 Å². The molecule has 0 radical (unpaired) electrons. The quantitative estimate of drug-likeness (QED) is 0.870. The van der Waals surface area contributed by atoms with E-state index in [1.165, 1.54) is 0 Å². The second-order valence-electron chi connectivity index (χ2n) is 6.19. The molecule has 22 heavy (non-hydrogen) atoms. The fourth-order valence-corrected chi connectivity index (χ4v) is 2.75. The zero-order valence-corrected chi connectivity index (χ0v) is 13.2. The van der Waals surface area contributed by atoms with E-state index in [4.69, 9.17) is 0 Å². The Kier molecular flexibility index (Phi) is 5.41. The van der Waals surface area contributed by atoms with Crippen molar-refractivity contribution in [1.82, 2.24) is 10.2 Å². The molecule has 2 rings (SSSR count). The number of carbonyl (C=O) groups excluding carboxylic acids is 2. The fraction of sp³-hybridized carbons (Fsp3) is 0.529. The van der Waals surface area contributed by atoms with Crippen LogP contribution < -0.4 is 5.32 Å². The Morgan fingerprint density at radius 2 is 2.05 bits per heavy atom. The molecule has 1 unspecified atom stereocenters. The summed E-state index contributed by atoms with van der Waals surface area (Å²) in [5.41, 5.74) is 1.01. The van der Waals surface area contributed by atoms with E-state index in [1.807, 2.05) is 12.1 Å². The molecule has 1 aromatic carbocycles. The number of benzene rings is 1. The molecule has 0 aliphatic carbocycles. The van der Waals surface area contributed by atoms with E-state index in [9.17, 15) is 14.7 Å². The van der Waals surface area contributed by atoms with Crippen molar-refractivity contribution in [3.8, 4) is 5.75 Å². The molecule has 1 aromatic rings. The Bertz CT molecular complexity index is 525. The van der Waals surface area contributed by atoms with Gasteiger partial charge >= 0.3 is 0 Å². The van der Waals surface area contributed by atoms with Crippen LogP contribution in [0.15, 0.2) is 24.3 Å². The summed E-state index contributed by atoms with van der Waals surface area (Å²) in [5.74, 6) is 0.563. The highest BCUT2D eigenvalue weighted by atomic mass is 16.3. The summed E-state index contributed by atoms with van der Waals surface area (Å²) in [5, 5.41) is 12.1. The number of rotatable bonds is 5. The van der Waals surface area contributed by atoms with Crippen LogP contribution in [0, 0.1) is 5.92 Å². The molecule has 0 saturated carbocycles.